The summed E-state index contributed by atoms with van der Waals surface area (Å²) >= 11 is 5.98. The Morgan fingerprint density at radius 1 is 1.08 bits per heavy atom. The average Bonchev–Trinajstić information content (AvgIpc) is 2.54. The molecule has 0 unspecified atom stereocenters. The van der Waals surface area contributed by atoms with Crippen molar-refractivity contribution in [3.05, 3.63) is 69.4 Å². The third-order valence-electron chi connectivity index (χ3n) is 3.85. The van der Waals surface area contributed by atoms with Crippen LogP contribution in [0.25, 0.3) is 0 Å². The molecule has 25 heavy (non-hydrogen) atoms. The van der Waals surface area contributed by atoms with E-state index in [1.54, 1.807) is 12.1 Å². The number of nitrogens with zero attached hydrogens (tertiary/aromatic N) is 1. The zero-order valence-electron chi connectivity index (χ0n) is 14.7. The number of benzene rings is 2. The highest BCUT2D eigenvalue weighted by Gasteiger charge is 2.13. The fraction of sp³-hybridized carbons (Fsp3) is 0.200. The van der Waals surface area contributed by atoms with Gasteiger partial charge >= 0.3 is 0 Å². The van der Waals surface area contributed by atoms with E-state index in [2.05, 4.69) is 10.6 Å². The number of carbonyl (C=O) groups is 1. The molecule has 0 aliphatic carbocycles. The minimum Gasteiger partial charge on any atom is -0.360 e. The van der Waals surface area contributed by atoms with Crippen LogP contribution in [0.4, 0.5) is 11.4 Å². The molecule has 2 rings (SSSR count). The molecule has 0 atom stereocenters. The highest BCUT2D eigenvalue weighted by atomic mass is 35.5. The first-order valence-corrected chi connectivity index (χ1v) is 8.21. The number of rotatable bonds is 4. The lowest BCUT2D eigenvalue weighted by atomic mass is 10.0. The van der Waals surface area contributed by atoms with Crippen molar-refractivity contribution in [2.24, 2.45) is 0 Å². The summed E-state index contributed by atoms with van der Waals surface area (Å²) in [5.74, 6) is -0.454. The van der Waals surface area contributed by atoms with Crippen molar-refractivity contribution in [2.45, 2.75) is 27.7 Å². The van der Waals surface area contributed by atoms with Gasteiger partial charge in [0.05, 0.1) is 0 Å². The summed E-state index contributed by atoms with van der Waals surface area (Å²) in [6, 6.07) is 11.3. The predicted molar refractivity (Wildman–Crippen MR) is 103 cm³/mol. The van der Waals surface area contributed by atoms with E-state index in [0.29, 0.717) is 5.02 Å². The second-order valence-corrected chi connectivity index (χ2v) is 6.44. The fourth-order valence-corrected chi connectivity index (χ4v) is 2.78. The molecule has 0 radical (unpaired) electrons. The maximum Gasteiger partial charge on any atom is 0.267 e. The molecule has 5 heteroatoms. The van der Waals surface area contributed by atoms with Crippen LogP contribution in [0.5, 0.6) is 0 Å². The van der Waals surface area contributed by atoms with E-state index in [4.69, 9.17) is 11.6 Å². The van der Waals surface area contributed by atoms with Crippen molar-refractivity contribution in [3.8, 4) is 6.07 Å². The predicted octanol–water partition coefficient (Wildman–Crippen LogP) is 5.03. The number of hydrogen-bond acceptors (Lipinski definition) is 3. The Balaban J connectivity index is 2.22. The lowest BCUT2D eigenvalue weighted by molar-refractivity contribution is -0.112. The van der Waals surface area contributed by atoms with Crippen LogP contribution in [-0.2, 0) is 4.79 Å². The average molecular weight is 354 g/mol. The molecular formula is C20H20ClN3O. The number of halogens is 1. The molecule has 2 N–H and O–H groups in total. The van der Waals surface area contributed by atoms with Crippen molar-refractivity contribution in [1.29, 1.82) is 5.26 Å². The molecule has 0 bridgehead atoms. The summed E-state index contributed by atoms with van der Waals surface area (Å²) in [5, 5.41) is 15.7. The summed E-state index contributed by atoms with van der Waals surface area (Å²) in [6.07, 6.45) is 1.40. The van der Waals surface area contributed by atoms with Crippen LogP contribution in [0.3, 0.4) is 0 Å². The van der Waals surface area contributed by atoms with Crippen molar-refractivity contribution >= 4 is 28.9 Å². The Kier molecular flexibility index (Phi) is 5.84. The topological polar surface area (TPSA) is 64.9 Å². The molecule has 0 saturated heterocycles. The summed E-state index contributed by atoms with van der Waals surface area (Å²) in [4.78, 5) is 12.4. The third-order valence-corrected chi connectivity index (χ3v) is 4.09. The van der Waals surface area contributed by atoms with Gasteiger partial charge in [0.25, 0.3) is 5.91 Å². The van der Waals surface area contributed by atoms with Crippen LogP contribution < -0.4 is 10.6 Å². The van der Waals surface area contributed by atoms with Crippen LogP contribution in [0.1, 0.15) is 22.3 Å². The summed E-state index contributed by atoms with van der Waals surface area (Å²) in [6.45, 7) is 7.78. The first-order valence-electron chi connectivity index (χ1n) is 7.84. The van der Waals surface area contributed by atoms with Gasteiger partial charge in [-0.05, 0) is 56.5 Å². The molecule has 0 aromatic heterocycles. The fourth-order valence-electron chi connectivity index (χ4n) is 2.61. The molecule has 0 heterocycles. The van der Waals surface area contributed by atoms with Gasteiger partial charge in [-0.2, -0.15) is 5.26 Å². The quantitative estimate of drug-likeness (QED) is 0.598. The third kappa shape index (κ3) is 4.62. The number of aryl methyl sites for hydroxylation is 4. The Hall–Kier alpha value is -2.77. The van der Waals surface area contributed by atoms with Gasteiger partial charge in [0, 0.05) is 22.6 Å². The molecule has 128 valence electrons. The first-order chi connectivity index (χ1) is 11.8. The van der Waals surface area contributed by atoms with E-state index in [9.17, 15) is 10.1 Å². The Labute approximate surface area is 153 Å². The molecule has 1 amide bonds. The van der Waals surface area contributed by atoms with E-state index in [-0.39, 0.29) is 5.57 Å². The maximum absolute atomic E-state index is 12.4. The zero-order chi connectivity index (χ0) is 18.6. The monoisotopic (exact) mass is 353 g/mol. The van der Waals surface area contributed by atoms with Crippen LogP contribution in [-0.4, -0.2) is 5.91 Å². The molecule has 4 nitrogen and oxygen atoms in total. The largest absolute Gasteiger partial charge is 0.360 e. The van der Waals surface area contributed by atoms with E-state index in [1.165, 1.54) is 6.20 Å². The number of hydrogen-bond donors (Lipinski definition) is 2. The van der Waals surface area contributed by atoms with Gasteiger partial charge in [-0.3, -0.25) is 4.79 Å². The van der Waals surface area contributed by atoms with Crippen LogP contribution in [0, 0.1) is 39.0 Å². The number of nitrogens with one attached hydrogen (secondary N) is 2. The second-order valence-electron chi connectivity index (χ2n) is 6.00. The van der Waals surface area contributed by atoms with Gasteiger partial charge in [-0.25, -0.2) is 0 Å². The lowest BCUT2D eigenvalue weighted by Gasteiger charge is -2.13. The van der Waals surface area contributed by atoms with Gasteiger partial charge < -0.3 is 10.6 Å². The van der Waals surface area contributed by atoms with E-state index in [1.807, 2.05) is 52.0 Å². The SMILES string of the molecule is Cc1cc(C)c(NC(=O)/C(C#N)=C\Nc2cc(Cl)ccc2C)c(C)c1. The minimum atomic E-state index is -0.454. The standard InChI is InChI=1S/C20H20ClN3O/c1-12-7-14(3)19(15(4)8-12)24-20(25)16(10-22)11-23-18-9-17(21)6-5-13(18)2/h5-9,11,23H,1-4H3,(H,24,25)/b16-11-. The number of carbonyl (C=O) groups excluding carboxylic acids is 1. The van der Waals surface area contributed by atoms with Crippen LogP contribution in [0.15, 0.2) is 42.1 Å². The van der Waals surface area contributed by atoms with Gasteiger partial charge in [0.2, 0.25) is 0 Å². The van der Waals surface area contributed by atoms with Crippen LogP contribution >= 0.6 is 11.6 Å². The molecule has 0 aliphatic rings. The Morgan fingerprint density at radius 3 is 2.32 bits per heavy atom. The number of anilines is 2. The van der Waals surface area contributed by atoms with E-state index in [0.717, 1.165) is 33.6 Å². The minimum absolute atomic E-state index is 0.0150. The highest BCUT2D eigenvalue weighted by Crippen LogP contribution is 2.23. The Morgan fingerprint density at radius 2 is 1.72 bits per heavy atom. The van der Waals surface area contributed by atoms with E-state index < -0.39 is 5.91 Å². The molecule has 0 fully saturated rings. The molecule has 0 saturated carbocycles. The van der Waals surface area contributed by atoms with Crippen molar-refractivity contribution in [3.63, 3.8) is 0 Å². The summed E-state index contributed by atoms with van der Waals surface area (Å²) in [7, 11) is 0. The van der Waals surface area contributed by atoms with Crippen molar-refractivity contribution in [2.75, 3.05) is 10.6 Å². The van der Waals surface area contributed by atoms with Crippen molar-refractivity contribution < 1.29 is 4.79 Å². The second kappa shape index (κ2) is 7.87. The maximum atomic E-state index is 12.4. The molecular weight excluding hydrogens is 334 g/mol. The molecule has 0 spiro atoms. The van der Waals surface area contributed by atoms with Gasteiger partial charge in [0.15, 0.2) is 0 Å². The highest BCUT2D eigenvalue weighted by molar-refractivity contribution is 6.30. The lowest BCUT2D eigenvalue weighted by Crippen LogP contribution is -2.16. The van der Waals surface area contributed by atoms with Gasteiger partial charge in [-0.15, -0.1) is 0 Å². The summed E-state index contributed by atoms with van der Waals surface area (Å²) < 4.78 is 0. The number of amides is 1. The van der Waals surface area contributed by atoms with Gasteiger partial charge in [0.1, 0.15) is 11.6 Å². The van der Waals surface area contributed by atoms with Crippen molar-refractivity contribution in [1.82, 2.24) is 0 Å². The Bertz CT molecular complexity index is 871. The molecule has 0 aliphatic heterocycles. The normalized spacial score (nSPS) is 11.0. The molecule has 2 aromatic rings. The zero-order valence-corrected chi connectivity index (χ0v) is 15.5. The van der Waals surface area contributed by atoms with Crippen LogP contribution in [0.2, 0.25) is 5.02 Å². The van der Waals surface area contributed by atoms with E-state index >= 15 is 0 Å². The van der Waals surface area contributed by atoms with Gasteiger partial charge in [-0.1, -0.05) is 35.4 Å². The molecule has 2 aromatic carbocycles. The smallest absolute Gasteiger partial charge is 0.267 e. The summed E-state index contributed by atoms with van der Waals surface area (Å²) in [5.41, 5.74) is 5.47. The number of nitriles is 1. The first kappa shape index (κ1) is 18.6.